The van der Waals surface area contributed by atoms with Gasteiger partial charge in [0.05, 0.1) is 0 Å². The van der Waals surface area contributed by atoms with Gasteiger partial charge in [-0.2, -0.15) is 0 Å². The number of fused-ring (bicyclic) bond motifs is 1. The van der Waals surface area contributed by atoms with Crippen molar-refractivity contribution >= 4 is 10.8 Å². The Balaban J connectivity index is 2.17. The molecule has 0 amide bonds. The van der Waals surface area contributed by atoms with Crippen molar-refractivity contribution < 1.29 is 0 Å². The summed E-state index contributed by atoms with van der Waals surface area (Å²) in [6, 6.07) is 15.7. The summed E-state index contributed by atoms with van der Waals surface area (Å²) in [5.74, 6) is 0. The Morgan fingerprint density at radius 2 is 1.61 bits per heavy atom. The molecule has 0 nitrogen and oxygen atoms in total. The first-order chi connectivity index (χ1) is 8.86. The molecule has 0 N–H and O–H groups in total. The van der Waals surface area contributed by atoms with E-state index in [0.717, 1.165) is 0 Å². The molecule has 0 aromatic heterocycles. The van der Waals surface area contributed by atoms with Crippen LogP contribution in [0.2, 0.25) is 0 Å². The molecule has 0 bridgehead atoms. The second-order valence-corrected chi connectivity index (χ2v) is 5.72. The Kier molecular flexibility index (Phi) is 3.11. The van der Waals surface area contributed by atoms with Gasteiger partial charge in [-0.15, -0.1) is 0 Å². The van der Waals surface area contributed by atoms with Gasteiger partial charge in [-0.05, 0) is 41.0 Å². The highest BCUT2D eigenvalue weighted by Gasteiger charge is 2.32. The van der Waals surface area contributed by atoms with Gasteiger partial charge in [0.1, 0.15) is 0 Å². The van der Waals surface area contributed by atoms with E-state index < -0.39 is 0 Å². The van der Waals surface area contributed by atoms with Crippen LogP contribution < -0.4 is 0 Å². The molecule has 2 aromatic rings. The van der Waals surface area contributed by atoms with Gasteiger partial charge in [0.2, 0.25) is 0 Å². The summed E-state index contributed by atoms with van der Waals surface area (Å²) in [4.78, 5) is 0. The molecule has 0 atom stereocenters. The molecular formula is C18H22. The van der Waals surface area contributed by atoms with Gasteiger partial charge in [-0.1, -0.05) is 68.7 Å². The average molecular weight is 238 g/mol. The van der Waals surface area contributed by atoms with Crippen LogP contribution in [0.15, 0.2) is 42.5 Å². The smallest absolute Gasteiger partial charge is 0.00434 e. The molecule has 0 radical (unpaired) electrons. The number of rotatable bonds is 2. The molecule has 18 heavy (non-hydrogen) atoms. The molecule has 1 aliphatic carbocycles. The Morgan fingerprint density at radius 3 is 2.39 bits per heavy atom. The Hall–Kier alpha value is -1.30. The lowest BCUT2D eigenvalue weighted by atomic mass is 9.67. The summed E-state index contributed by atoms with van der Waals surface area (Å²) in [6.07, 6.45) is 8.25. The zero-order valence-electron chi connectivity index (χ0n) is 11.3. The van der Waals surface area contributed by atoms with Crippen LogP contribution in [0, 0.1) is 0 Å². The van der Waals surface area contributed by atoms with Gasteiger partial charge in [0, 0.05) is 0 Å². The summed E-state index contributed by atoms with van der Waals surface area (Å²) in [5.41, 5.74) is 2.04. The standard InChI is InChI=1S/C18H22/c1-2-18(13-6-3-7-14-18)17-12-8-10-15-9-4-5-11-16(15)17/h4-5,8-12H,2-3,6-7,13-14H2,1H3. The minimum absolute atomic E-state index is 0.444. The second kappa shape index (κ2) is 4.76. The SMILES string of the molecule is CCC1(c2cccc3ccccc23)CCCCC1. The van der Waals surface area contributed by atoms with Crippen LogP contribution in [0.1, 0.15) is 51.0 Å². The quantitative estimate of drug-likeness (QED) is 0.652. The van der Waals surface area contributed by atoms with Crippen LogP contribution in [0.5, 0.6) is 0 Å². The van der Waals surface area contributed by atoms with E-state index in [1.54, 1.807) is 5.56 Å². The molecule has 1 fully saturated rings. The molecule has 3 rings (SSSR count). The predicted molar refractivity (Wildman–Crippen MR) is 79.0 cm³/mol. The normalized spacial score (nSPS) is 18.9. The number of benzene rings is 2. The van der Waals surface area contributed by atoms with Crippen molar-refractivity contribution in [2.24, 2.45) is 0 Å². The van der Waals surface area contributed by atoms with Crippen LogP contribution >= 0.6 is 0 Å². The highest BCUT2D eigenvalue weighted by atomic mass is 14.4. The first-order valence-corrected chi connectivity index (χ1v) is 7.34. The summed E-state index contributed by atoms with van der Waals surface area (Å²) in [7, 11) is 0. The van der Waals surface area contributed by atoms with E-state index in [2.05, 4.69) is 49.4 Å². The molecule has 94 valence electrons. The highest BCUT2D eigenvalue weighted by Crippen LogP contribution is 2.44. The van der Waals surface area contributed by atoms with E-state index in [1.807, 2.05) is 0 Å². The fourth-order valence-electron chi connectivity index (χ4n) is 3.73. The van der Waals surface area contributed by atoms with Gasteiger partial charge < -0.3 is 0 Å². The first kappa shape index (κ1) is 11.8. The molecule has 0 heterocycles. The van der Waals surface area contributed by atoms with Crippen molar-refractivity contribution in [3.8, 4) is 0 Å². The van der Waals surface area contributed by atoms with Crippen molar-refractivity contribution in [3.63, 3.8) is 0 Å². The minimum atomic E-state index is 0.444. The van der Waals surface area contributed by atoms with Gasteiger partial charge in [0.25, 0.3) is 0 Å². The fraction of sp³-hybridized carbons (Fsp3) is 0.444. The lowest BCUT2D eigenvalue weighted by Crippen LogP contribution is -2.28. The Labute approximate surface area is 110 Å². The Bertz CT molecular complexity index is 527. The summed E-state index contributed by atoms with van der Waals surface area (Å²) < 4.78 is 0. The van der Waals surface area contributed by atoms with Crippen LogP contribution in [0.25, 0.3) is 10.8 Å². The topological polar surface area (TPSA) is 0 Å². The van der Waals surface area contributed by atoms with Crippen LogP contribution in [0.4, 0.5) is 0 Å². The molecule has 0 aliphatic heterocycles. The molecule has 0 heteroatoms. The van der Waals surface area contributed by atoms with Gasteiger partial charge >= 0.3 is 0 Å². The minimum Gasteiger partial charge on any atom is -0.0645 e. The van der Waals surface area contributed by atoms with E-state index in [1.165, 1.54) is 49.3 Å². The number of hydrogen-bond donors (Lipinski definition) is 0. The lowest BCUT2D eigenvalue weighted by Gasteiger charge is -2.38. The summed E-state index contributed by atoms with van der Waals surface area (Å²) in [5, 5.41) is 2.87. The monoisotopic (exact) mass is 238 g/mol. The molecule has 0 spiro atoms. The molecule has 1 aliphatic rings. The second-order valence-electron chi connectivity index (χ2n) is 5.72. The third-order valence-corrected chi connectivity index (χ3v) is 4.85. The maximum Gasteiger partial charge on any atom is -0.00434 e. The van der Waals surface area contributed by atoms with E-state index >= 15 is 0 Å². The third-order valence-electron chi connectivity index (χ3n) is 4.85. The van der Waals surface area contributed by atoms with E-state index in [4.69, 9.17) is 0 Å². The lowest BCUT2D eigenvalue weighted by molar-refractivity contribution is 0.285. The maximum absolute atomic E-state index is 2.37. The maximum atomic E-state index is 2.37. The van der Waals surface area contributed by atoms with Crippen molar-refractivity contribution in [2.45, 2.75) is 50.9 Å². The fourth-order valence-corrected chi connectivity index (χ4v) is 3.73. The van der Waals surface area contributed by atoms with Gasteiger partial charge in [-0.25, -0.2) is 0 Å². The van der Waals surface area contributed by atoms with E-state index in [0.29, 0.717) is 5.41 Å². The third kappa shape index (κ3) is 1.84. The van der Waals surface area contributed by atoms with Gasteiger partial charge in [-0.3, -0.25) is 0 Å². The predicted octanol–water partition coefficient (Wildman–Crippen LogP) is 5.45. The Morgan fingerprint density at radius 1 is 0.889 bits per heavy atom. The zero-order valence-corrected chi connectivity index (χ0v) is 11.3. The van der Waals surface area contributed by atoms with Crippen molar-refractivity contribution in [3.05, 3.63) is 48.0 Å². The first-order valence-electron chi connectivity index (χ1n) is 7.34. The zero-order chi connectivity index (χ0) is 12.4. The molecule has 0 unspecified atom stereocenters. The summed E-state index contributed by atoms with van der Waals surface area (Å²) in [6.45, 7) is 2.37. The van der Waals surface area contributed by atoms with Crippen LogP contribution in [-0.4, -0.2) is 0 Å². The largest absolute Gasteiger partial charge is 0.0645 e. The molecule has 0 saturated heterocycles. The average Bonchev–Trinajstić information content (AvgIpc) is 2.47. The number of hydrogen-bond acceptors (Lipinski definition) is 0. The molecule has 2 aromatic carbocycles. The van der Waals surface area contributed by atoms with E-state index in [9.17, 15) is 0 Å². The highest BCUT2D eigenvalue weighted by molar-refractivity contribution is 5.86. The summed E-state index contributed by atoms with van der Waals surface area (Å²) >= 11 is 0. The van der Waals surface area contributed by atoms with Gasteiger partial charge in [0.15, 0.2) is 0 Å². The van der Waals surface area contributed by atoms with Crippen molar-refractivity contribution in [1.82, 2.24) is 0 Å². The van der Waals surface area contributed by atoms with Crippen molar-refractivity contribution in [2.75, 3.05) is 0 Å². The van der Waals surface area contributed by atoms with Crippen LogP contribution in [0.3, 0.4) is 0 Å². The molecule has 1 saturated carbocycles. The van der Waals surface area contributed by atoms with Crippen LogP contribution in [-0.2, 0) is 5.41 Å². The van der Waals surface area contributed by atoms with Crippen molar-refractivity contribution in [1.29, 1.82) is 0 Å². The van der Waals surface area contributed by atoms with E-state index in [-0.39, 0.29) is 0 Å². The molecular weight excluding hydrogens is 216 g/mol.